The lowest BCUT2D eigenvalue weighted by molar-refractivity contribution is 0.163. The molecule has 0 aliphatic heterocycles. The van der Waals surface area contributed by atoms with Crippen molar-refractivity contribution < 1.29 is 9.84 Å². The van der Waals surface area contributed by atoms with Crippen molar-refractivity contribution in [1.29, 1.82) is 0 Å². The van der Waals surface area contributed by atoms with Gasteiger partial charge in [0.2, 0.25) is 0 Å². The first kappa shape index (κ1) is 11.9. The van der Waals surface area contributed by atoms with Gasteiger partial charge in [0.25, 0.3) is 0 Å². The molecule has 1 aromatic heterocycles. The molecule has 0 amide bonds. The zero-order chi connectivity index (χ0) is 11.4. The van der Waals surface area contributed by atoms with Gasteiger partial charge in [-0.2, -0.15) is 0 Å². The fraction of sp³-hybridized carbons (Fsp3) is 0.667. The molecular weight excluding hydrogens is 222 g/mol. The Morgan fingerprint density at radius 2 is 2.19 bits per heavy atom. The summed E-state index contributed by atoms with van der Waals surface area (Å²) in [5.74, 6) is 0. The highest BCUT2D eigenvalue weighted by molar-refractivity contribution is 7.13. The van der Waals surface area contributed by atoms with Crippen LogP contribution >= 0.6 is 11.3 Å². The Morgan fingerprint density at radius 1 is 1.44 bits per heavy atom. The number of methoxy groups -OCH3 is 1. The second kappa shape index (κ2) is 5.17. The van der Waals surface area contributed by atoms with E-state index in [1.807, 2.05) is 6.07 Å². The molecule has 2 rings (SSSR count). The first-order valence-electron chi connectivity index (χ1n) is 5.77. The van der Waals surface area contributed by atoms with E-state index in [0.717, 1.165) is 24.4 Å². The fourth-order valence-electron chi connectivity index (χ4n) is 2.28. The van der Waals surface area contributed by atoms with Gasteiger partial charge in [-0.3, -0.25) is 0 Å². The summed E-state index contributed by atoms with van der Waals surface area (Å²) in [6, 6.07) is 4.07. The molecule has 1 aliphatic carbocycles. The third-order valence-corrected chi connectivity index (χ3v) is 4.39. The van der Waals surface area contributed by atoms with E-state index in [2.05, 4.69) is 11.4 Å². The summed E-state index contributed by atoms with van der Waals surface area (Å²) in [6.45, 7) is 1.07. The van der Waals surface area contributed by atoms with E-state index >= 15 is 0 Å². The van der Waals surface area contributed by atoms with Crippen molar-refractivity contribution in [3.8, 4) is 5.06 Å². The van der Waals surface area contributed by atoms with Crippen LogP contribution < -0.4 is 10.1 Å². The second-order valence-corrected chi connectivity index (χ2v) is 5.55. The van der Waals surface area contributed by atoms with Crippen molar-refractivity contribution in [1.82, 2.24) is 5.32 Å². The molecule has 4 heteroatoms. The summed E-state index contributed by atoms with van der Waals surface area (Å²) < 4.78 is 5.16. The minimum absolute atomic E-state index is 0.0305. The largest absolute Gasteiger partial charge is 0.487 e. The molecule has 0 unspecified atom stereocenters. The predicted octanol–water partition coefficient (Wildman–Crippen LogP) is 2.15. The highest BCUT2D eigenvalue weighted by Gasteiger charge is 2.32. The molecule has 1 saturated carbocycles. The van der Waals surface area contributed by atoms with Crippen LogP contribution in [0.2, 0.25) is 0 Å². The van der Waals surface area contributed by atoms with Crippen LogP contribution in [-0.2, 0) is 6.54 Å². The smallest absolute Gasteiger partial charge is 0.173 e. The van der Waals surface area contributed by atoms with E-state index in [0.29, 0.717) is 0 Å². The van der Waals surface area contributed by atoms with Crippen LogP contribution in [0.25, 0.3) is 0 Å². The maximum Gasteiger partial charge on any atom is 0.173 e. The molecule has 1 aliphatic rings. The summed E-state index contributed by atoms with van der Waals surface area (Å²) in [4.78, 5) is 1.26. The number of hydrogen-bond acceptors (Lipinski definition) is 4. The Morgan fingerprint density at radius 3 is 2.75 bits per heavy atom. The molecule has 2 N–H and O–H groups in total. The first-order valence-corrected chi connectivity index (χ1v) is 6.58. The van der Waals surface area contributed by atoms with Gasteiger partial charge < -0.3 is 15.2 Å². The number of rotatable bonds is 5. The number of nitrogens with one attached hydrogen (secondary N) is 1. The van der Waals surface area contributed by atoms with E-state index in [1.165, 1.54) is 17.7 Å². The topological polar surface area (TPSA) is 41.5 Å². The minimum atomic E-state index is -0.0305. The second-order valence-electron chi connectivity index (χ2n) is 4.42. The van der Waals surface area contributed by atoms with Crippen LogP contribution in [0.15, 0.2) is 12.1 Å². The van der Waals surface area contributed by atoms with Gasteiger partial charge >= 0.3 is 0 Å². The van der Waals surface area contributed by atoms with Gasteiger partial charge in [0.05, 0.1) is 13.7 Å². The van der Waals surface area contributed by atoms with E-state index in [-0.39, 0.29) is 12.1 Å². The van der Waals surface area contributed by atoms with Crippen LogP contribution in [-0.4, -0.2) is 24.4 Å². The first-order chi connectivity index (χ1) is 7.78. The fourth-order valence-corrected chi connectivity index (χ4v) is 3.04. The van der Waals surface area contributed by atoms with Crippen molar-refractivity contribution in [2.24, 2.45) is 0 Å². The highest BCUT2D eigenvalue weighted by atomic mass is 32.1. The van der Waals surface area contributed by atoms with Gasteiger partial charge in [-0.05, 0) is 25.0 Å². The van der Waals surface area contributed by atoms with Crippen molar-refractivity contribution in [3.63, 3.8) is 0 Å². The van der Waals surface area contributed by atoms with Gasteiger partial charge in [0.15, 0.2) is 5.06 Å². The highest BCUT2D eigenvalue weighted by Crippen LogP contribution is 2.30. The Kier molecular flexibility index (Phi) is 3.84. The maximum atomic E-state index is 9.46. The molecule has 0 bridgehead atoms. The van der Waals surface area contributed by atoms with Crippen LogP contribution in [0, 0.1) is 0 Å². The number of aliphatic hydroxyl groups excluding tert-OH is 1. The Labute approximate surface area is 100 Å². The third-order valence-electron chi connectivity index (χ3n) is 3.34. The lowest BCUT2D eigenvalue weighted by Gasteiger charge is -2.27. The number of hydrogen-bond donors (Lipinski definition) is 2. The molecule has 1 heterocycles. The minimum Gasteiger partial charge on any atom is -0.487 e. The molecule has 0 aromatic carbocycles. The predicted molar refractivity (Wildman–Crippen MR) is 66.0 cm³/mol. The van der Waals surface area contributed by atoms with Gasteiger partial charge in [-0.1, -0.05) is 12.8 Å². The number of thiophene rings is 1. The zero-order valence-electron chi connectivity index (χ0n) is 9.66. The van der Waals surface area contributed by atoms with Crippen LogP contribution in [0.3, 0.4) is 0 Å². The Balaban J connectivity index is 1.90. The third kappa shape index (κ3) is 2.56. The molecule has 3 nitrogen and oxygen atoms in total. The monoisotopic (exact) mass is 241 g/mol. The lowest BCUT2D eigenvalue weighted by atomic mass is 9.99. The van der Waals surface area contributed by atoms with Gasteiger partial charge in [0, 0.05) is 17.0 Å². The Bertz CT molecular complexity index is 332. The summed E-state index contributed by atoms with van der Waals surface area (Å²) >= 11 is 1.66. The quantitative estimate of drug-likeness (QED) is 0.830. The van der Waals surface area contributed by atoms with E-state index < -0.39 is 0 Å². The van der Waals surface area contributed by atoms with Crippen molar-refractivity contribution in [3.05, 3.63) is 17.0 Å². The summed E-state index contributed by atoms with van der Waals surface area (Å²) in [7, 11) is 1.69. The molecule has 0 spiro atoms. The molecule has 0 saturated heterocycles. The summed E-state index contributed by atoms with van der Waals surface area (Å²) in [5, 5.41) is 13.9. The lowest BCUT2D eigenvalue weighted by Crippen LogP contribution is -2.45. The zero-order valence-corrected chi connectivity index (χ0v) is 10.5. The van der Waals surface area contributed by atoms with Gasteiger partial charge in [-0.25, -0.2) is 0 Å². The molecule has 0 atom stereocenters. The number of aliphatic hydroxyl groups is 1. The van der Waals surface area contributed by atoms with Gasteiger partial charge in [0.1, 0.15) is 0 Å². The molecule has 90 valence electrons. The van der Waals surface area contributed by atoms with E-state index in [4.69, 9.17) is 4.74 Å². The van der Waals surface area contributed by atoms with E-state index in [1.54, 1.807) is 18.4 Å². The van der Waals surface area contributed by atoms with Crippen molar-refractivity contribution >= 4 is 11.3 Å². The average molecular weight is 241 g/mol. The van der Waals surface area contributed by atoms with Crippen LogP contribution in [0.1, 0.15) is 30.6 Å². The Hall–Kier alpha value is -0.580. The number of ether oxygens (including phenoxy) is 1. The van der Waals surface area contributed by atoms with Crippen LogP contribution in [0.5, 0.6) is 5.06 Å². The molecule has 16 heavy (non-hydrogen) atoms. The average Bonchev–Trinajstić information content (AvgIpc) is 2.96. The molecule has 0 radical (unpaired) electrons. The normalized spacial score (nSPS) is 18.9. The SMILES string of the molecule is COc1ccc(CNC2(CO)CCCC2)s1. The van der Waals surface area contributed by atoms with E-state index in [9.17, 15) is 5.11 Å². The van der Waals surface area contributed by atoms with Gasteiger partial charge in [-0.15, -0.1) is 11.3 Å². The van der Waals surface area contributed by atoms with Crippen molar-refractivity contribution in [2.75, 3.05) is 13.7 Å². The molecular formula is C12H19NO2S. The maximum absolute atomic E-state index is 9.46. The molecule has 1 fully saturated rings. The van der Waals surface area contributed by atoms with Crippen molar-refractivity contribution in [2.45, 2.75) is 37.8 Å². The molecule has 1 aromatic rings. The van der Waals surface area contributed by atoms with Crippen LogP contribution in [0.4, 0.5) is 0 Å². The standard InChI is InChI=1S/C12H19NO2S/c1-15-11-5-4-10(16-11)8-13-12(9-14)6-2-3-7-12/h4-5,13-14H,2-3,6-9H2,1H3. The summed E-state index contributed by atoms with van der Waals surface area (Å²) in [6.07, 6.45) is 4.63. The summed E-state index contributed by atoms with van der Waals surface area (Å²) in [5.41, 5.74) is -0.0305.